The number of nitrogens with zero attached hydrogens (tertiary/aromatic N) is 4. The van der Waals surface area contributed by atoms with Crippen molar-refractivity contribution in [2.75, 3.05) is 6.54 Å². The third kappa shape index (κ3) is 11.4. The number of benzene rings is 1. The van der Waals surface area contributed by atoms with E-state index >= 15 is 0 Å². The summed E-state index contributed by atoms with van der Waals surface area (Å²) in [7, 11) is 0. The molecular formula is C56H75N9O10. The molecule has 9 amide bonds. The van der Waals surface area contributed by atoms with Crippen LogP contribution in [0.4, 0.5) is 0 Å². The smallest absolute Gasteiger partial charge is 0.272 e. The maximum atomic E-state index is 15.0. The average molecular weight is 1030 g/mol. The van der Waals surface area contributed by atoms with Crippen LogP contribution >= 0.6 is 0 Å². The number of nitrogens with one attached hydrogen (secondary N) is 5. The van der Waals surface area contributed by atoms with Crippen molar-refractivity contribution in [1.29, 1.82) is 0 Å². The van der Waals surface area contributed by atoms with Gasteiger partial charge < -0.3 is 31.3 Å². The number of hydrogen-bond acceptors (Lipinski definition) is 12. The maximum absolute atomic E-state index is 15.0. The number of aliphatic hydroxyl groups is 1. The third-order valence-corrected chi connectivity index (χ3v) is 17.4. The van der Waals surface area contributed by atoms with Gasteiger partial charge in [-0.05, 0) is 123 Å². The summed E-state index contributed by atoms with van der Waals surface area (Å²) in [5, 5.41) is 25.2. The second kappa shape index (κ2) is 22.2. The summed E-state index contributed by atoms with van der Waals surface area (Å²) in [4.78, 5) is 134. The molecule has 3 aliphatic heterocycles. The van der Waals surface area contributed by atoms with E-state index in [9.17, 15) is 48.3 Å². The molecule has 0 spiro atoms. The van der Waals surface area contributed by atoms with Crippen LogP contribution in [0.5, 0.6) is 0 Å². The van der Waals surface area contributed by atoms with Crippen molar-refractivity contribution in [2.45, 2.75) is 198 Å². The highest BCUT2D eigenvalue weighted by atomic mass is 16.3. The lowest BCUT2D eigenvalue weighted by Gasteiger charge is -2.38. The Kier molecular flexibility index (Phi) is 15.9. The SMILES string of the molecule is CCC[C@H](NC(=O)[C@@H]1[C@H]2CCC[C@H]2CN1C(=O)[C@@H](NC(=O)[C@@H](NC(=O)c1cnc(C2CCC(c3ccc4c(c3)C(=O)N(C3CCC(=O)NC3=O)C4=O)C(C)C2)cn1)C1CCCCC1)C(C)(C)C)C(O)C(=O)NC1CC1. The van der Waals surface area contributed by atoms with Crippen molar-refractivity contribution >= 4 is 53.2 Å². The van der Waals surface area contributed by atoms with Gasteiger partial charge in [0.2, 0.25) is 29.5 Å². The van der Waals surface area contributed by atoms with Crippen LogP contribution in [-0.4, -0.2) is 127 Å². The average Bonchev–Trinajstić information content (AvgIpc) is 3.87. The molecule has 7 aliphatic rings. The van der Waals surface area contributed by atoms with E-state index in [1.54, 1.807) is 23.2 Å². The second-order valence-electron chi connectivity index (χ2n) is 23.8. The number of aliphatic hydroxyl groups excluding tert-OH is 1. The fraction of sp³-hybridized carbons (Fsp3) is 0.661. The van der Waals surface area contributed by atoms with Crippen LogP contribution in [0.1, 0.15) is 198 Å². The monoisotopic (exact) mass is 1030 g/mol. The zero-order chi connectivity index (χ0) is 53.5. The van der Waals surface area contributed by atoms with Gasteiger partial charge >= 0.3 is 0 Å². The highest BCUT2D eigenvalue weighted by molar-refractivity contribution is 6.23. The van der Waals surface area contributed by atoms with Gasteiger partial charge in [0.1, 0.15) is 29.9 Å². The van der Waals surface area contributed by atoms with Crippen LogP contribution in [-0.2, 0) is 28.8 Å². The van der Waals surface area contributed by atoms with E-state index in [2.05, 4.69) is 38.5 Å². The molecule has 4 heterocycles. The molecular weight excluding hydrogens is 959 g/mol. The van der Waals surface area contributed by atoms with Gasteiger partial charge in [-0.3, -0.25) is 58.4 Å². The summed E-state index contributed by atoms with van der Waals surface area (Å²) in [6.07, 6.45) is 13.5. The van der Waals surface area contributed by atoms with E-state index in [0.717, 1.165) is 86.8 Å². The molecule has 1 aromatic carbocycles. The number of carbonyl (C=O) groups excluding carboxylic acids is 9. The molecule has 2 saturated heterocycles. The lowest BCUT2D eigenvalue weighted by atomic mass is 9.71. The van der Waals surface area contributed by atoms with E-state index in [-0.39, 0.29) is 77.1 Å². The van der Waals surface area contributed by atoms with Crippen molar-refractivity contribution in [3.8, 4) is 0 Å². The van der Waals surface area contributed by atoms with Crippen LogP contribution < -0.4 is 26.6 Å². The van der Waals surface area contributed by atoms with E-state index in [4.69, 9.17) is 4.98 Å². The molecule has 0 bridgehead atoms. The summed E-state index contributed by atoms with van der Waals surface area (Å²) >= 11 is 0. The number of hydrogen-bond donors (Lipinski definition) is 6. The predicted octanol–water partition coefficient (Wildman–Crippen LogP) is 4.33. The van der Waals surface area contributed by atoms with Gasteiger partial charge in [0.15, 0.2) is 6.10 Å². The number of carbonyl (C=O) groups is 9. The number of aromatic nitrogens is 2. The van der Waals surface area contributed by atoms with Crippen molar-refractivity contribution in [3.05, 3.63) is 58.7 Å². The molecule has 75 heavy (non-hydrogen) atoms. The molecule has 6 fully saturated rings. The summed E-state index contributed by atoms with van der Waals surface area (Å²) in [5.41, 5.74) is 1.41. The van der Waals surface area contributed by atoms with E-state index in [1.165, 1.54) is 6.20 Å². The highest BCUT2D eigenvalue weighted by Crippen LogP contribution is 2.46. The van der Waals surface area contributed by atoms with Crippen LogP contribution in [0.2, 0.25) is 0 Å². The van der Waals surface area contributed by atoms with Gasteiger partial charge in [-0.25, -0.2) is 4.98 Å². The first kappa shape index (κ1) is 53.7. The lowest BCUT2D eigenvalue weighted by Crippen LogP contribution is -2.62. The molecule has 11 atom stereocenters. The molecule has 4 aliphatic carbocycles. The largest absolute Gasteiger partial charge is 0.381 e. The molecule has 2 aromatic rings. The molecule has 1 aromatic heterocycles. The maximum Gasteiger partial charge on any atom is 0.272 e. The molecule has 19 heteroatoms. The standard InChI is InChI=1S/C56H75N9O10/c1-6-11-39(46(67)52(72)59-34-18-19-34)60-51(71)45-36-15-10-14-33(36)28-64(45)55(75)47(56(3,4)5)63-50(70)44(30-12-8-7-9-13-30)62-48(68)41-27-57-40(26-58-41)32-17-20-35(29(2)24-32)31-16-21-37-38(25-31)54(74)65(53(37)73)42-22-23-43(66)61-49(42)69/h16,21,25-27,29-30,32-36,39,42,44-47,67H,6-15,17-20,22-24,28H2,1-5H3,(H,59,72)(H,60,71)(H,62,68)(H,63,70)(H,61,66,69)/t29?,32?,33-,35?,36-,39-,42?,44-,45-,46?,47+/m0/s1. The Morgan fingerprint density at radius 1 is 0.827 bits per heavy atom. The normalized spacial score (nSPS) is 27.6. The van der Waals surface area contributed by atoms with E-state index < -0.39 is 89.0 Å². The zero-order valence-corrected chi connectivity index (χ0v) is 44.0. The van der Waals surface area contributed by atoms with Crippen LogP contribution in [0.25, 0.3) is 0 Å². The topological polar surface area (TPSA) is 266 Å². The minimum atomic E-state index is -1.44. The van der Waals surface area contributed by atoms with Gasteiger partial charge in [-0.15, -0.1) is 0 Å². The summed E-state index contributed by atoms with van der Waals surface area (Å²) in [6, 6.07) is 0.603. The van der Waals surface area contributed by atoms with Crippen molar-refractivity contribution < 1.29 is 48.3 Å². The summed E-state index contributed by atoms with van der Waals surface area (Å²) in [6.45, 7) is 10.00. The first-order valence-corrected chi connectivity index (χ1v) is 27.7. The van der Waals surface area contributed by atoms with Gasteiger partial charge in [0.25, 0.3) is 23.6 Å². The molecule has 19 nitrogen and oxygen atoms in total. The fourth-order valence-electron chi connectivity index (χ4n) is 13.1. The molecule has 0 radical (unpaired) electrons. The fourth-order valence-corrected chi connectivity index (χ4v) is 13.1. The quantitative estimate of drug-likeness (QED) is 0.128. The number of piperidine rings is 1. The molecule has 9 rings (SSSR count). The number of imide groups is 2. The van der Waals surface area contributed by atoms with Gasteiger partial charge in [-0.2, -0.15) is 0 Å². The number of fused-ring (bicyclic) bond motifs is 2. The van der Waals surface area contributed by atoms with Gasteiger partial charge in [0.05, 0.1) is 29.1 Å². The van der Waals surface area contributed by atoms with E-state index in [0.29, 0.717) is 32.2 Å². The Labute approximate surface area is 438 Å². The number of rotatable bonds is 16. The predicted molar refractivity (Wildman–Crippen MR) is 273 cm³/mol. The van der Waals surface area contributed by atoms with Crippen LogP contribution in [0, 0.1) is 29.1 Å². The van der Waals surface area contributed by atoms with Gasteiger partial charge in [0, 0.05) is 31.1 Å². The van der Waals surface area contributed by atoms with Crippen molar-refractivity contribution in [1.82, 2.24) is 46.4 Å². The Hall–Kier alpha value is -6.11. The summed E-state index contributed by atoms with van der Waals surface area (Å²) in [5.74, 6) is -4.45. The molecule has 5 unspecified atom stereocenters. The minimum absolute atomic E-state index is 0.0396. The Morgan fingerprint density at radius 3 is 2.24 bits per heavy atom. The first-order chi connectivity index (χ1) is 35.8. The zero-order valence-electron chi connectivity index (χ0n) is 44.0. The first-order valence-electron chi connectivity index (χ1n) is 27.7. The Morgan fingerprint density at radius 2 is 1.57 bits per heavy atom. The van der Waals surface area contributed by atoms with Crippen molar-refractivity contribution in [3.63, 3.8) is 0 Å². The molecule has 4 saturated carbocycles. The van der Waals surface area contributed by atoms with Gasteiger partial charge in [-0.1, -0.05) is 72.8 Å². The minimum Gasteiger partial charge on any atom is -0.381 e. The lowest BCUT2D eigenvalue weighted by molar-refractivity contribution is -0.146. The summed E-state index contributed by atoms with van der Waals surface area (Å²) < 4.78 is 0. The molecule has 6 N–H and O–H groups in total. The molecule has 404 valence electrons. The highest BCUT2D eigenvalue weighted by Gasteiger charge is 2.53. The van der Waals surface area contributed by atoms with Crippen LogP contribution in [0.3, 0.4) is 0 Å². The van der Waals surface area contributed by atoms with E-state index in [1.807, 2.05) is 33.8 Å². The Balaban J connectivity index is 0.850. The number of likely N-dealkylation sites (tertiary alicyclic amines) is 1. The van der Waals surface area contributed by atoms with Crippen molar-refractivity contribution in [2.24, 2.45) is 29.1 Å². The Bertz CT molecular complexity index is 2570. The third-order valence-electron chi connectivity index (χ3n) is 17.4. The van der Waals surface area contributed by atoms with Crippen LogP contribution in [0.15, 0.2) is 30.6 Å². The second-order valence-corrected chi connectivity index (χ2v) is 23.8. The number of amides is 9.